The number of amides is 1. The van der Waals surface area contributed by atoms with Crippen LogP contribution in [0, 0.1) is 5.82 Å². The number of hydrogen-bond acceptors (Lipinski definition) is 4. The van der Waals surface area contributed by atoms with Gasteiger partial charge in [-0.05, 0) is 37.6 Å². The van der Waals surface area contributed by atoms with E-state index < -0.39 is 11.2 Å². The third-order valence-corrected chi connectivity index (χ3v) is 4.45. The minimum atomic E-state index is -1.09. The summed E-state index contributed by atoms with van der Waals surface area (Å²) in [5, 5.41) is 16.5. The number of hydrogen-bond donors (Lipinski definition) is 2. The molecule has 0 unspecified atom stereocenters. The summed E-state index contributed by atoms with van der Waals surface area (Å²) in [6, 6.07) is 11.9. The summed E-state index contributed by atoms with van der Waals surface area (Å²) < 4.78 is 14.3. The normalized spacial score (nSPS) is 11.4. The molecule has 2 aromatic carbocycles. The Balaban J connectivity index is 1.73. The number of carbonyl (C=O) groups excluding carboxylic acids is 1. The second-order valence-electron chi connectivity index (χ2n) is 6.38. The molecular formula is C18H17ClFN5O. The van der Waals surface area contributed by atoms with Gasteiger partial charge in [-0.2, -0.15) is 5.21 Å². The van der Waals surface area contributed by atoms with Gasteiger partial charge in [-0.3, -0.25) is 4.79 Å². The Morgan fingerprint density at radius 2 is 1.96 bits per heavy atom. The Kier molecular flexibility index (Phi) is 4.99. The number of aromatic amines is 1. The van der Waals surface area contributed by atoms with Crippen LogP contribution in [0.25, 0.3) is 0 Å². The van der Waals surface area contributed by atoms with E-state index in [9.17, 15) is 9.18 Å². The fourth-order valence-electron chi connectivity index (χ4n) is 2.54. The molecule has 0 saturated heterocycles. The van der Waals surface area contributed by atoms with Crippen LogP contribution in [0.1, 0.15) is 30.8 Å². The lowest BCUT2D eigenvalue weighted by Crippen LogP contribution is -2.35. The molecule has 2 N–H and O–H groups in total. The van der Waals surface area contributed by atoms with E-state index >= 15 is 0 Å². The van der Waals surface area contributed by atoms with Gasteiger partial charge in [0.05, 0.1) is 10.4 Å². The summed E-state index contributed by atoms with van der Waals surface area (Å²) in [5.41, 5.74) is 0.751. The standard InChI is InChI=1S/C18H17ClFN5O/c1-18(2,13-4-3-5-14(19)16(13)20)17(26)21-12-8-6-11(7-9-12)10-15-22-24-25-23-15/h3-9H,10H2,1-2H3,(H,21,26)(H,22,23,24,25). The average Bonchev–Trinajstić information content (AvgIpc) is 3.12. The van der Waals surface area contributed by atoms with Crippen LogP contribution >= 0.6 is 11.6 Å². The van der Waals surface area contributed by atoms with E-state index in [2.05, 4.69) is 25.9 Å². The molecule has 0 fully saturated rings. The summed E-state index contributed by atoms with van der Waals surface area (Å²) in [6.45, 7) is 3.31. The molecule has 6 nitrogen and oxygen atoms in total. The molecule has 8 heteroatoms. The highest BCUT2D eigenvalue weighted by atomic mass is 35.5. The molecule has 26 heavy (non-hydrogen) atoms. The van der Waals surface area contributed by atoms with Crippen molar-refractivity contribution in [3.05, 3.63) is 70.3 Å². The number of anilines is 1. The number of rotatable bonds is 5. The molecular weight excluding hydrogens is 357 g/mol. The first-order valence-corrected chi connectivity index (χ1v) is 8.33. The molecule has 134 valence electrons. The molecule has 0 atom stereocenters. The minimum Gasteiger partial charge on any atom is -0.325 e. The first kappa shape index (κ1) is 18.0. The van der Waals surface area contributed by atoms with Crippen LogP contribution in [0.3, 0.4) is 0 Å². The molecule has 3 rings (SSSR count). The smallest absolute Gasteiger partial charge is 0.234 e. The monoisotopic (exact) mass is 373 g/mol. The number of H-pyrrole nitrogens is 1. The van der Waals surface area contributed by atoms with Crippen LogP contribution in [-0.4, -0.2) is 26.5 Å². The van der Waals surface area contributed by atoms with Crippen molar-refractivity contribution < 1.29 is 9.18 Å². The van der Waals surface area contributed by atoms with Gasteiger partial charge in [-0.25, -0.2) is 4.39 Å². The largest absolute Gasteiger partial charge is 0.325 e. The number of aromatic nitrogens is 4. The first-order valence-electron chi connectivity index (χ1n) is 7.95. The molecule has 0 aliphatic heterocycles. The predicted octanol–water partition coefficient (Wildman–Crippen LogP) is 3.50. The van der Waals surface area contributed by atoms with E-state index in [-0.39, 0.29) is 16.5 Å². The van der Waals surface area contributed by atoms with Gasteiger partial charge >= 0.3 is 0 Å². The van der Waals surface area contributed by atoms with Gasteiger partial charge in [-0.15, -0.1) is 10.2 Å². The molecule has 1 amide bonds. The van der Waals surface area contributed by atoms with Crippen LogP contribution in [0.2, 0.25) is 5.02 Å². The van der Waals surface area contributed by atoms with Crippen molar-refractivity contribution in [3.8, 4) is 0 Å². The molecule has 0 spiro atoms. The summed E-state index contributed by atoms with van der Waals surface area (Å²) in [6.07, 6.45) is 0.532. The summed E-state index contributed by atoms with van der Waals surface area (Å²) in [5.74, 6) is -0.325. The average molecular weight is 374 g/mol. The van der Waals surface area contributed by atoms with Gasteiger partial charge in [0.15, 0.2) is 5.82 Å². The van der Waals surface area contributed by atoms with Gasteiger partial charge in [0.2, 0.25) is 5.91 Å². The molecule has 1 heterocycles. The summed E-state index contributed by atoms with van der Waals surface area (Å²) in [7, 11) is 0. The Labute approximate surface area is 154 Å². The lowest BCUT2D eigenvalue weighted by molar-refractivity contribution is -0.120. The van der Waals surface area contributed by atoms with Gasteiger partial charge < -0.3 is 5.32 Å². The zero-order valence-electron chi connectivity index (χ0n) is 14.3. The first-order chi connectivity index (χ1) is 12.4. The lowest BCUT2D eigenvalue weighted by Gasteiger charge is -2.25. The Morgan fingerprint density at radius 1 is 1.23 bits per heavy atom. The van der Waals surface area contributed by atoms with Crippen molar-refractivity contribution in [2.75, 3.05) is 5.32 Å². The van der Waals surface area contributed by atoms with E-state index in [1.165, 1.54) is 6.07 Å². The summed E-state index contributed by atoms with van der Waals surface area (Å²) >= 11 is 5.84. The maximum Gasteiger partial charge on any atom is 0.234 e. The second kappa shape index (κ2) is 7.21. The van der Waals surface area contributed by atoms with E-state index in [1.807, 2.05) is 12.1 Å². The van der Waals surface area contributed by atoms with E-state index in [1.54, 1.807) is 38.1 Å². The van der Waals surface area contributed by atoms with Crippen LogP contribution in [-0.2, 0) is 16.6 Å². The third kappa shape index (κ3) is 3.72. The van der Waals surface area contributed by atoms with E-state index in [4.69, 9.17) is 11.6 Å². The molecule has 0 bridgehead atoms. The van der Waals surface area contributed by atoms with Crippen LogP contribution in [0.5, 0.6) is 0 Å². The number of carbonyl (C=O) groups is 1. The Morgan fingerprint density at radius 3 is 2.62 bits per heavy atom. The third-order valence-electron chi connectivity index (χ3n) is 4.16. The van der Waals surface area contributed by atoms with Crippen molar-refractivity contribution in [2.24, 2.45) is 0 Å². The van der Waals surface area contributed by atoms with Crippen molar-refractivity contribution in [1.82, 2.24) is 20.6 Å². The zero-order valence-corrected chi connectivity index (χ0v) is 15.0. The zero-order chi connectivity index (χ0) is 18.7. The van der Waals surface area contributed by atoms with Crippen molar-refractivity contribution in [2.45, 2.75) is 25.7 Å². The van der Waals surface area contributed by atoms with E-state index in [0.29, 0.717) is 17.9 Å². The maximum absolute atomic E-state index is 14.3. The number of halogens is 2. The SMILES string of the molecule is CC(C)(C(=O)Nc1ccc(Cc2nn[nH]n2)cc1)c1cccc(Cl)c1F. The number of tetrazole rings is 1. The highest BCUT2D eigenvalue weighted by Crippen LogP contribution is 2.30. The maximum atomic E-state index is 14.3. The van der Waals surface area contributed by atoms with Crippen molar-refractivity contribution in [1.29, 1.82) is 0 Å². The lowest BCUT2D eigenvalue weighted by atomic mass is 9.83. The highest BCUT2D eigenvalue weighted by molar-refractivity contribution is 6.30. The number of nitrogens with one attached hydrogen (secondary N) is 2. The molecule has 0 saturated carbocycles. The van der Waals surface area contributed by atoms with Gasteiger partial charge in [0, 0.05) is 17.7 Å². The minimum absolute atomic E-state index is 0.00538. The highest BCUT2D eigenvalue weighted by Gasteiger charge is 2.33. The predicted molar refractivity (Wildman–Crippen MR) is 96.5 cm³/mol. The molecule has 0 radical (unpaired) electrons. The fraction of sp³-hybridized carbons (Fsp3) is 0.222. The summed E-state index contributed by atoms with van der Waals surface area (Å²) in [4.78, 5) is 12.7. The van der Waals surface area contributed by atoms with Crippen LogP contribution in [0.4, 0.5) is 10.1 Å². The van der Waals surface area contributed by atoms with Gasteiger partial charge in [0.1, 0.15) is 5.82 Å². The molecule has 1 aromatic heterocycles. The molecule has 0 aliphatic rings. The van der Waals surface area contributed by atoms with Crippen LogP contribution < -0.4 is 5.32 Å². The van der Waals surface area contributed by atoms with Gasteiger partial charge in [-0.1, -0.05) is 41.1 Å². The Bertz CT molecular complexity index is 910. The quantitative estimate of drug-likeness (QED) is 0.717. The van der Waals surface area contributed by atoms with Gasteiger partial charge in [0.25, 0.3) is 0 Å². The topological polar surface area (TPSA) is 83.6 Å². The fourth-order valence-corrected chi connectivity index (χ4v) is 2.72. The number of nitrogens with zero attached hydrogens (tertiary/aromatic N) is 3. The molecule has 3 aromatic rings. The Hall–Kier alpha value is -2.80. The van der Waals surface area contributed by atoms with Crippen LogP contribution in [0.15, 0.2) is 42.5 Å². The van der Waals surface area contributed by atoms with Crippen molar-refractivity contribution >= 4 is 23.2 Å². The van der Waals surface area contributed by atoms with Crippen molar-refractivity contribution in [3.63, 3.8) is 0 Å². The van der Waals surface area contributed by atoms with E-state index in [0.717, 1.165) is 5.56 Å². The molecule has 0 aliphatic carbocycles. The number of benzene rings is 2. The second-order valence-corrected chi connectivity index (χ2v) is 6.79.